The van der Waals surface area contributed by atoms with Gasteiger partial charge < -0.3 is 9.88 Å². The van der Waals surface area contributed by atoms with Crippen LogP contribution in [-0.2, 0) is 12.8 Å². The molecule has 5 aliphatic carbocycles. The average Bonchev–Trinajstić information content (AvgIpc) is 3.53. The Morgan fingerprint density at radius 1 is 1.00 bits per heavy atom. The molecule has 5 aliphatic rings. The Bertz CT molecular complexity index is 959. The zero-order valence-corrected chi connectivity index (χ0v) is 20.5. The second-order valence-electron chi connectivity index (χ2n) is 11.3. The van der Waals surface area contributed by atoms with Crippen molar-refractivity contribution in [1.82, 2.24) is 4.57 Å². The number of nitrogens with zero attached hydrogens (tertiary/aromatic N) is 2. The van der Waals surface area contributed by atoms with E-state index < -0.39 is 0 Å². The fraction of sp³-hybridized carbons (Fsp3) is 0.679. The van der Waals surface area contributed by atoms with E-state index in [0.29, 0.717) is 6.04 Å². The van der Waals surface area contributed by atoms with Gasteiger partial charge in [0, 0.05) is 35.8 Å². The standard InChI is InChI=1S/C28H39N3S/c1-2-3-4-20-5-7-24(8-6-20)29-12-11-26-19-32-27(31(26)25-9-10-25)30-28-16-21-13-22(17-28)15-23(14-21)18-28/h5-8,19,21-23,25,29H,2-4,9-18H2,1H3. The number of hydrogen-bond donors (Lipinski definition) is 1. The maximum Gasteiger partial charge on any atom is 0.185 e. The number of thiazole rings is 1. The van der Waals surface area contributed by atoms with Crippen molar-refractivity contribution < 1.29 is 0 Å². The number of hydrogen-bond acceptors (Lipinski definition) is 3. The first-order valence-corrected chi connectivity index (χ1v) is 14.2. The summed E-state index contributed by atoms with van der Waals surface area (Å²) in [5.41, 5.74) is 4.48. The molecule has 4 bridgehead atoms. The third-order valence-corrected chi connectivity index (χ3v) is 9.44. The van der Waals surface area contributed by atoms with Crippen molar-refractivity contribution in [2.75, 3.05) is 11.9 Å². The highest BCUT2D eigenvalue weighted by Gasteiger charge is 2.51. The van der Waals surface area contributed by atoms with Crippen LogP contribution in [0, 0.1) is 17.8 Å². The number of benzene rings is 1. The van der Waals surface area contributed by atoms with Gasteiger partial charge in [0.15, 0.2) is 4.80 Å². The van der Waals surface area contributed by atoms with Crippen LogP contribution < -0.4 is 10.1 Å². The molecule has 1 aromatic carbocycles. The highest BCUT2D eigenvalue weighted by Crippen LogP contribution is 2.57. The average molecular weight is 450 g/mol. The lowest BCUT2D eigenvalue weighted by atomic mass is 9.53. The van der Waals surface area contributed by atoms with Gasteiger partial charge in [0.25, 0.3) is 0 Å². The summed E-state index contributed by atoms with van der Waals surface area (Å²) < 4.78 is 2.64. The Labute approximate surface area is 197 Å². The van der Waals surface area contributed by atoms with E-state index in [9.17, 15) is 0 Å². The normalized spacial score (nSPS) is 31.4. The lowest BCUT2D eigenvalue weighted by molar-refractivity contribution is -0.000407. The molecule has 0 aliphatic heterocycles. The van der Waals surface area contributed by atoms with Gasteiger partial charge in [-0.2, -0.15) is 0 Å². The van der Waals surface area contributed by atoms with Crippen LogP contribution in [0.4, 0.5) is 5.69 Å². The van der Waals surface area contributed by atoms with Gasteiger partial charge in [-0.3, -0.25) is 4.99 Å². The van der Waals surface area contributed by atoms with E-state index >= 15 is 0 Å². The minimum absolute atomic E-state index is 0.283. The molecule has 0 radical (unpaired) electrons. The first kappa shape index (κ1) is 21.0. The lowest BCUT2D eigenvalue weighted by Crippen LogP contribution is -2.50. The van der Waals surface area contributed by atoms with Gasteiger partial charge in [-0.1, -0.05) is 25.5 Å². The van der Waals surface area contributed by atoms with Gasteiger partial charge in [0.2, 0.25) is 0 Å². The van der Waals surface area contributed by atoms with Gasteiger partial charge in [0.1, 0.15) is 0 Å². The van der Waals surface area contributed by atoms with Crippen molar-refractivity contribution in [3.8, 4) is 0 Å². The predicted octanol–water partition coefficient (Wildman–Crippen LogP) is 6.75. The maximum absolute atomic E-state index is 5.59. The van der Waals surface area contributed by atoms with Crippen LogP contribution in [0.25, 0.3) is 0 Å². The summed E-state index contributed by atoms with van der Waals surface area (Å²) in [6, 6.07) is 9.79. The number of nitrogens with one attached hydrogen (secondary N) is 1. The molecule has 2 aromatic rings. The SMILES string of the molecule is CCCCc1ccc(NCCc2csc(=NC34CC5CC(CC(C5)C3)C4)n2C2CC2)cc1. The van der Waals surface area contributed by atoms with E-state index in [1.54, 1.807) is 0 Å². The van der Waals surface area contributed by atoms with E-state index in [0.717, 1.165) is 30.7 Å². The molecular formula is C28H39N3S. The van der Waals surface area contributed by atoms with Crippen LogP contribution in [0.5, 0.6) is 0 Å². The Morgan fingerprint density at radius 2 is 1.69 bits per heavy atom. The van der Waals surface area contributed by atoms with Crippen LogP contribution in [0.3, 0.4) is 0 Å². The van der Waals surface area contributed by atoms with Gasteiger partial charge in [-0.25, -0.2) is 0 Å². The summed E-state index contributed by atoms with van der Waals surface area (Å²) in [5.74, 6) is 2.91. The molecule has 0 spiro atoms. The molecule has 1 N–H and O–H groups in total. The van der Waals surface area contributed by atoms with Crippen molar-refractivity contribution in [1.29, 1.82) is 0 Å². The molecule has 5 fully saturated rings. The Morgan fingerprint density at radius 3 is 2.31 bits per heavy atom. The number of aromatic nitrogens is 1. The zero-order chi connectivity index (χ0) is 21.5. The van der Waals surface area contributed by atoms with E-state index in [1.807, 2.05) is 11.3 Å². The summed E-state index contributed by atoms with van der Waals surface area (Å²) in [4.78, 5) is 6.93. The second kappa shape index (κ2) is 8.66. The second-order valence-corrected chi connectivity index (χ2v) is 12.2. The monoisotopic (exact) mass is 449 g/mol. The molecule has 0 unspecified atom stereocenters. The number of anilines is 1. The number of aryl methyl sites for hydroxylation is 1. The minimum atomic E-state index is 0.283. The maximum atomic E-state index is 5.59. The summed E-state index contributed by atoms with van der Waals surface area (Å²) >= 11 is 1.92. The van der Waals surface area contributed by atoms with Gasteiger partial charge in [0.05, 0.1) is 5.54 Å². The van der Waals surface area contributed by atoms with Crippen LogP contribution in [-0.4, -0.2) is 16.7 Å². The largest absolute Gasteiger partial charge is 0.385 e. The summed E-state index contributed by atoms with van der Waals surface area (Å²) in [6.45, 7) is 3.25. The van der Waals surface area contributed by atoms with Crippen molar-refractivity contribution in [2.45, 2.75) is 95.6 Å². The van der Waals surface area contributed by atoms with Crippen LogP contribution in [0.15, 0.2) is 34.6 Å². The molecule has 5 saturated carbocycles. The molecule has 1 aromatic heterocycles. The first-order chi connectivity index (χ1) is 15.7. The molecule has 32 heavy (non-hydrogen) atoms. The van der Waals surface area contributed by atoms with Crippen LogP contribution in [0.1, 0.15) is 88.4 Å². The molecular weight excluding hydrogens is 410 g/mol. The van der Waals surface area contributed by atoms with E-state index in [2.05, 4.69) is 46.5 Å². The smallest absolute Gasteiger partial charge is 0.185 e. The first-order valence-electron chi connectivity index (χ1n) is 13.3. The summed E-state index contributed by atoms with van der Waals surface area (Å²) in [6.07, 6.45) is 16.1. The Hall–Kier alpha value is -1.55. The van der Waals surface area contributed by atoms with Crippen LogP contribution in [0.2, 0.25) is 0 Å². The predicted molar refractivity (Wildman–Crippen MR) is 134 cm³/mol. The van der Waals surface area contributed by atoms with E-state index in [4.69, 9.17) is 4.99 Å². The fourth-order valence-electron chi connectivity index (χ4n) is 7.25. The summed E-state index contributed by atoms with van der Waals surface area (Å²) in [5, 5.41) is 6.07. The molecule has 0 amide bonds. The van der Waals surface area contributed by atoms with E-state index in [-0.39, 0.29) is 5.54 Å². The third-order valence-electron chi connectivity index (χ3n) is 8.55. The van der Waals surface area contributed by atoms with Gasteiger partial charge in [-0.15, -0.1) is 11.3 Å². The lowest BCUT2D eigenvalue weighted by Gasteiger charge is -2.54. The minimum Gasteiger partial charge on any atom is -0.385 e. The molecule has 3 nitrogen and oxygen atoms in total. The zero-order valence-electron chi connectivity index (χ0n) is 19.7. The highest BCUT2D eigenvalue weighted by molar-refractivity contribution is 7.07. The highest BCUT2D eigenvalue weighted by atomic mass is 32.1. The molecule has 172 valence electrons. The number of rotatable bonds is 9. The van der Waals surface area contributed by atoms with E-state index in [1.165, 1.54) is 92.4 Å². The molecule has 0 saturated heterocycles. The topological polar surface area (TPSA) is 29.3 Å². The Kier molecular flexibility index (Phi) is 5.69. The van der Waals surface area contributed by atoms with Crippen molar-refractivity contribution in [2.24, 2.45) is 22.7 Å². The summed E-state index contributed by atoms with van der Waals surface area (Å²) in [7, 11) is 0. The van der Waals surface area contributed by atoms with Gasteiger partial charge >= 0.3 is 0 Å². The van der Waals surface area contributed by atoms with Crippen molar-refractivity contribution >= 4 is 17.0 Å². The Balaban J connectivity index is 1.15. The number of unbranched alkanes of at least 4 members (excludes halogenated alkanes) is 1. The van der Waals surface area contributed by atoms with Crippen molar-refractivity contribution in [3.05, 3.63) is 45.7 Å². The van der Waals surface area contributed by atoms with Crippen molar-refractivity contribution in [3.63, 3.8) is 0 Å². The molecule has 1 heterocycles. The molecule has 0 atom stereocenters. The quantitative estimate of drug-likeness (QED) is 0.451. The third kappa shape index (κ3) is 4.32. The van der Waals surface area contributed by atoms with Gasteiger partial charge in [-0.05, 0) is 99.7 Å². The fourth-order valence-corrected chi connectivity index (χ4v) is 8.35. The molecule has 7 rings (SSSR count). The van der Waals surface area contributed by atoms with Crippen LogP contribution >= 0.6 is 11.3 Å². The molecule has 4 heteroatoms.